The summed E-state index contributed by atoms with van der Waals surface area (Å²) in [5, 5.41) is 15.9. The van der Waals surface area contributed by atoms with Crippen LogP contribution in [0.2, 0.25) is 0 Å². The highest BCUT2D eigenvalue weighted by Gasteiger charge is 2.12. The van der Waals surface area contributed by atoms with Gasteiger partial charge in [-0.25, -0.2) is 13.8 Å². The fourth-order valence-electron chi connectivity index (χ4n) is 1.24. The van der Waals surface area contributed by atoms with Gasteiger partial charge in [0.05, 0.1) is 23.6 Å². The normalized spacial score (nSPS) is 10.4. The second-order valence-corrected chi connectivity index (χ2v) is 3.55. The summed E-state index contributed by atoms with van der Waals surface area (Å²) >= 11 is 0. The van der Waals surface area contributed by atoms with Crippen LogP contribution in [0.1, 0.15) is 13.3 Å². The molecule has 18 heavy (non-hydrogen) atoms. The number of halogens is 2. The molecule has 100 valence electrons. The minimum absolute atomic E-state index is 0.0584. The van der Waals surface area contributed by atoms with Gasteiger partial charge in [0.1, 0.15) is 11.6 Å². The molecule has 0 amide bonds. The van der Waals surface area contributed by atoms with Crippen LogP contribution in [0, 0.1) is 10.1 Å². The Kier molecular flexibility index (Phi) is 5.22. The van der Waals surface area contributed by atoms with Gasteiger partial charge < -0.3 is 10.6 Å². The van der Waals surface area contributed by atoms with E-state index in [2.05, 4.69) is 15.6 Å². The summed E-state index contributed by atoms with van der Waals surface area (Å²) in [6.45, 7) is 1.93. The van der Waals surface area contributed by atoms with Crippen LogP contribution >= 0.6 is 0 Å². The van der Waals surface area contributed by atoms with Crippen molar-refractivity contribution in [2.45, 2.75) is 19.8 Å². The van der Waals surface area contributed by atoms with E-state index in [-0.39, 0.29) is 11.5 Å². The molecule has 1 aromatic heterocycles. The minimum Gasteiger partial charge on any atom is -0.370 e. The molecule has 0 saturated carbocycles. The van der Waals surface area contributed by atoms with E-state index in [0.717, 1.165) is 12.5 Å². The predicted molar refractivity (Wildman–Crippen MR) is 64.2 cm³/mol. The molecule has 0 spiro atoms. The average molecular weight is 260 g/mol. The Morgan fingerprint density at radius 1 is 1.39 bits per heavy atom. The van der Waals surface area contributed by atoms with Crippen molar-refractivity contribution in [3.05, 3.63) is 22.2 Å². The van der Waals surface area contributed by atoms with E-state index >= 15 is 0 Å². The lowest BCUT2D eigenvalue weighted by molar-refractivity contribution is -0.384. The van der Waals surface area contributed by atoms with Crippen molar-refractivity contribution in [2.24, 2.45) is 0 Å². The number of alkyl halides is 2. The van der Waals surface area contributed by atoms with Crippen LogP contribution in [0.15, 0.2) is 12.1 Å². The van der Waals surface area contributed by atoms with Crippen LogP contribution in [-0.2, 0) is 0 Å². The summed E-state index contributed by atoms with van der Waals surface area (Å²) in [7, 11) is 0. The first-order valence-corrected chi connectivity index (χ1v) is 5.45. The molecule has 0 atom stereocenters. The standard InChI is InChI=1S/C10H14F2N4O2/c1-2-3-13-9-4-7(16(17)18)5-10(15-9)14-6-8(11)12/h4-5,8H,2-3,6H2,1H3,(H2,13,14,15). The molecule has 0 aliphatic heterocycles. The van der Waals surface area contributed by atoms with E-state index in [0.29, 0.717) is 12.4 Å². The summed E-state index contributed by atoms with van der Waals surface area (Å²) in [5.74, 6) is 0.353. The Hall–Kier alpha value is -1.99. The Bertz CT molecular complexity index is 415. The van der Waals surface area contributed by atoms with Crippen LogP contribution in [0.3, 0.4) is 0 Å². The fourth-order valence-corrected chi connectivity index (χ4v) is 1.24. The number of pyridine rings is 1. The maximum absolute atomic E-state index is 12.0. The van der Waals surface area contributed by atoms with Crippen LogP contribution in [0.5, 0.6) is 0 Å². The van der Waals surface area contributed by atoms with Crippen molar-refractivity contribution in [2.75, 3.05) is 23.7 Å². The van der Waals surface area contributed by atoms with Crippen molar-refractivity contribution >= 4 is 17.3 Å². The first kappa shape index (κ1) is 14.1. The lowest BCUT2D eigenvalue weighted by Gasteiger charge is -2.08. The summed E-state index contributed by atoms with van der Waals surface area (Å²) in [6, 6.07) is 2.39. The average Bonchev–Trinajstić information content (AvgIpc) is 2.33. The number of aromatic nitrogens is 1. The number of rotatable bonds is 7. The molecule has 0 aliphatic carbocycles. The van der Waals surface area contributed by atoms with Crippen molar-refractivity contribution < 1.29 is 13.7 Å². The number of anilines is 2. The van der Waals surface area contributed by atoms with Gasteiger partial charge in [-0.3, -0.25) is 10.1 Å². The van der Waals surface area contributed by atoms with E-state index < -0.39 is 17.9 Å². The fraction of sp³-hybridized carbons (Fsp3) is 0.500. The molecule has 0 aliphatic rings. The van der Waals surface area contributed by atoms with Crippen LogP contribution in [0.4, 0.5) is 26.1 Å². The van der Waals surface area contributed by atoms with Gasteiger partial charge >= 0.3 is 0 Å². The third-order valence-corrected chi connectivity index (χ3v) is 2.01. The molecule has 0 saturated heterocycles. The third kappa shape index (κ3) is 4.48. The number of nitrogens with one attached hydrogen (secondary N) is 2. The maximum atomic E-state index is 12.0. The SMILES string of the molecule is CCCNc1cc([N+](=O)[O-])cc(NCC(F)F)n1. The Morgan fingerprint density at radius 3 is 2.50 bits per heavy atom. The van der Waals surface area contributed by atoms with Crippen molar-refractivity contribution in [1.29, 1.82) is 0 Å². The van der Waals surface area contributed by atoms with Crippen molar-refractivity contribution in [1.82, 2.24) is 4.98 Å². The summed E-state index contributed by atoms with van der Waals surface area (Å²) in [4.78, 5) is 14.1. The van der Waals surface area contributed by atoms with Gasteiger partial charge in [-0.1, -0.05) is 6.92 Å². The highest BCUT2D eigenvalue weighted by atomic mass is 19.3. The zero-order chi connectivity index (χ0) is 13.5. The molecule has 0 bridgehead atoms. The number of nitro groups is 1. The van der Waals surface area contributed by atoms with Crippen LogP contribution < -0.4 is 10.6 Å². The van der Waals surface area contributed by atoms with Gasteiger partial charge in [0.15, 0.2) is 0 Å². The largest absolute Gasteiger partial charge is 0.370 e. The van der Waals surface area contributed by atoms with Gasteiger partial charge in [0.25, 0.3) is 12.1 Å². The van der Waals surface area contributed by atoms with Crippen LogP contribution in [-0.4, -0.2) is 29.4 Å². The van der Waals surface area contributed by atoms with E-state index in [4.69, 9.17) is 0 Å². The highest BCUT2D eigenvalue weighted by Crippen LogP contribution is 2.20. The molecular weight excluding hydrogens is 246 g/mol. The lowest BCUT2D eigenvalue weighted by atomic mass is 10.3. The number of hydrogen-bond acceptors (Lipinski definition) is 5. The number of nitrogens with zero attached hydrogens (tertiary/aromatic N) is 2. The van der Waals surface area contributed by atoms with Gasteiger partial charge in [0, 0.05) is 6.54 Å². The van der Waals surface area contributed by atoms with E-state index in [9.17, 15) is 18.9 Å². The molecule has 1 rings (SSSR count). The minimum atomic E-state index is -2.54. The summed E-state index contributed by atoms with van der Waals surface area (Å²) in [5.41, 5.74) is -0.194. The Morgan fingerprint density at radius 2 is 2.00 bits per heavy atom. The second-order valence-electron chi connectivity index (χ2n) is 3.55. The van der Waals surface area contributed by atoms with Gasteiger partial charge in [-0.05, 0) is 6.42 Å². The molecule has 1 aromatic rings. The van der Waals surface area contributed by atoms with Crippen LogP contribution in [0.25, 0.3) is 0 Å². The zero-order valence-electron chi connectivity index (χ0n) is 9.82. The molecule has 0 radical (unpaired) electrons. The predicted octanol–water partition coefficient (Wildman–Crippen LogP) is 2.49. The summed E-state index contributed by atoms with van der Waals surface area (Å²) < 4.78 is 24.1. The van der Waals surface area contributed by atoms with Gasteiger partial charge in [0.2, 0.25) is 0 Å². The first-order valence-electron chi connectivity index (χ1n) is 5.45. The molecule has 2 N–H and O–H groups in total. The van der Waals surface area contributed by atoms with Gasteiger partial charge in [-0.2, -0.15) is 0 Å². The molecule has 6 nitrogen and oxygen atoms in total. The Balaban J connectivity index is 2.87. The van der Waals surface area contributed by atoms with E-state index in [1.54, 1.807) is 0 Å². The van der Waals surface area contributed by atoms with Crippen molar-refractivity contribution in [3.8, 4) is 0 Å². The monoisotopic (exact) mass is 260 g/mol. The summed E-state index contributed by atoms with van der Waals surface area (Å²) in [6.07, 6.45) is -1.72. The smallest absolute Gasteiger partial charge is 0.276 e. The van der Waals surface area contributed by atoms with E-state index in [1.807, 2.05) is 6.92 Å². The lowest BCUT2D eigenvalue weighted by Crippen LogP contribution is -2.12. The quantitative estimate of drug-likeness (QED) is 0.581. The molecular formula is C10H14F2N4O2. The second kappa shape index (κ2) is 6.67. The first-order chi connectivity index (χ1) is 8.52. The molecule has 0 unspecified atom stereocenters. The van der Waals surface area contributed by atoms with Crippen molar-refractivity contribution in [3.63, 3.8) is 0 Å². The third-order valence-electron chi connectivity index (χ3n) is 2.01. The topological polar surface area (TPSA) is 80.1 Å². The Labute approximate surface area is 103 Å². The zero-order valence-corrected chi connectivity index (χ0v) is 9.82. The molecule has 0 aromatic carbocycles. The van der Waals surface area contributed by atoms with Gasteiger partial charge in [-0.15, -0.1) is 0 Å². The molecule has 1 heterocycles. The van der Waals surface area contributed by atoms with E-state index in [1.165, 1.54) is 6.07 Å². The molecule has 0 fully saturated rings. The number of hydrogen-bond donors (Lipinski definition) is 2. The maximum Gasteiger partial charge on any atom is 0.276 e. The molecule has 8 heteroatoms. The highest BCUT2D eigenvalue weighted by molar-refractivity contribution is 5.54.